The zero-order chi connectivity index (χ0) is 17.4. The molecule has 3 heterocycles. The maximum Gasteiger partial charge on any atom is 0.246 e. The molecule has 24 heavy (non-hydrogen) atoms. The van der Waals surface area contributed by atoms with Gasteiger partial charge in [-0.05, 0) is 17.9 Å². The molecule has 0 aliphatic heterocycles. The fraction of sp³-hybridized carbons (Fsp3) is 0.353. The Hall–Kier alpha value is -1.85. The molecule has 3 rings (SSSR count). The SMILES string of the molecule is CC(C)c1coc(-c2nc(-c3nc(C(C)C)co3)c(Cl)cc2Cl)n1. The summed E-state index contributed by atoms with van der Waals surface area (Å²) in [5.41, 5.74) is 2.48. The molecule has 3 aromatic heterocycles. The van der Waals surface area contributed by atoms with E-state index in [2.05, 4.69) is 15.0 Å². The Morgan fingerprint density at radius 1 is 0.750 bits per heavy atom. The molecule has 0 aliphatic carbocycles. The van der Waals surface area contributed by atoms with Crippen LogP contribution in [0.2, 0.25) is 10.0 Å². The monoisotopic (exact) mass is 365 g/mol. The third kappa shape index (κ3) is 3.19. The number of pyridine rings is 1. The van der Waals surface area contributed by atoms with Gasteiger partial charge >= 0.3 is 0 Å². The van der Waals surface area contributed by atoms with Crippen molar-refractivity contribution in [2.45, 2.75) is 39.5 Å². The van der Waals surface area contributed by atoms with E-state index < -0.39 is 0 Å². The van der Waals surface area contributed by atoms with E-state index >= 15 is 0 Å². The molecule has 0 saturated carbocycles. The second kappa shape index (κ2) is 6.57. The third-order valence-corrected chi connectivity index (χ3v) is 4.14. The highest BCUT2D eigenvalue weighted by Crippen LogP contribution is 2.35. The predicted molar refractivity (Wildman–Crippen MR) is 93.4 cm³/mol. The third-order valence-electron chi connectivity index (χ3n) is 3.56. The van der Waals surface area contributed by atoms with Crippen molar-refractivity contribution < 1.29 is 8.83 Å². The van der Waals surface area contributed by atoms with Crippen LogP contribution in [0, 0.1) is 0 Å². The first-order valence-corrected chi connectivity index (χ1v) is 8.40. The van der Waals surface area contributed by atoms with Crippen molar-refractivity contribution in [2.75, 3.05) is 0 Å². The van der Waals surface area contributed by atoms with E-state index in [0.717, 1.165) is 11.4 Å². The van der Waals surface area contributed by atoms with E-state index in [4.69, 9.17) is 32.0 Å². The first-order valence-electron chi connectivity index (χ1n) is 7.64. The molecule has 0 aliphatic rings. The van der Waals surface area contributed by atoms with E-state index in [9.17, 15) is 0 Å². The Bertz CT molecular complexity index is 801. The summed E-state index contributed by atoms with van der Waals surface area (Å²) in [6.07, 6.45) is 3.21. The zero-order valence-electron chi connectivity index (χ0n) is 13.8. The van der Waals surface area contributed by atoms with Crippen LogP contribution >= 0.6 is 23.2 Å². The number of oxazole rings is 2. The molecule has 0 amide bonds. The number of hydrogen-bond donors (Lipinski definition) is 0. The lowest BCUT2D eigenvalue weighted by molar-refractivity contribution is 0.564. The first-order chi connectivity index (χ1) is 11.4. The van der Waals surface area contributed by atoms with Crippen LogP contribution in [0.1, 0.15) is 50.9 Å². The average molecular weight is 366 g/mol. The van der Waals surface area contributed by atoms with Crippen molar-refractivity contribution in [1.82, 2.24) is 15.0 Å². The lowest BCUT2D eigenvalue weighted by atomic mass is 10.2. The molecule has 7 heteroatoms. The molecule has 0 aromatic carbocycles. The summed E-state index contributed by atoms with van der Waals surface area (Å²) in [5.74, 6) is 1.18. The Balaban J connectivity index is 2.07. The minimum absolute atomic E-state index is 0.244. The van der Waals surface area contributed by atoms with Crippen molar-refractivity contribution in [1.29, 1.82) is 0 Å². The minimum atomic E-state index is 0.244. The second-order valence-electron chi connectivity index (χ2n) is 6.11. The molecule has 0 saturated heterocycles. The van der Waals surface area contributed by atoms with Crippen LogP contribution in [0.4, 0.5) is 0 Å². The molecular weight excluding hydrogens is 349 g/mol. The van der Waals surface area contributed by atoms with Gasteiger partial charge in [-0.2, -0.15) is 0 Å². The molecule has 0 radical (unpaired) electrons. The maximum absolute atomic E-state index is 6.27. The summed E-state index contributed by atoms with van der Waals surface area (Å²) in [6.45, 7) is 8.13. The molecular formula is C17H17Cl2N3O2. The molecule has 0 atom stereocenters. The second-order valence-corrected chi connectivity index (χ2v) is 6.93. The smallest absolute Gasteiger partial charge is 0.246 e. The van der Waals surface area contributed by atoms with Gasteiger partial charge < -0.3 is 8.83 Å². The van der Waals surface area contributed by atoms with Crippen molar-refractivity contribution in [3.05, 3.63) is 40.0 Å². The Morgan fingerprint density at radius 2 is 1.17 bits per heavy atom. The van der Waals surface area contributed by atoms with Crippen molar-refractivity contribution >= 4 is 23.2 Å². The van der Waals surface area contributed by atoms with Gasteiger partial charge in [0.2, 0.25) is 11.8 Å². The van der Waals surface area contributed by atoms with E-state index in [1.807, 2.05) is 27.7 Å². The van der Waals surface area contributed by atoms with Gasteiger partial charge in [-0.1, -0.05) is 50.9 Å². The standard InChI is InChI=1S/C17H17Cl2N3O2/c1-8(2)12-6-23-16(20-12)14-10(18)5-11(19)15(22-14)17-21-13(7-24-17)9(3)4/h5-9H,1-4H3. The molecule has 5 nitrogen and oxygen atoms in total. The van der Waals surface area contributed by atoms with Crippen LogP contribution in [-0.2, 0) is 0 Å². The number of hydrogen-bond acceptors (Lipinski definition) is 5. The van der Waals surface area contributed by atoms with Gasteiger partial charge in [0.05, 0.1) is 21.4 Å². The van der Waals surface area contributed by atoms with E-state index in [1.54, 1.807) is 18.6 Å². The average Bonchev–Trinajstić information content (AvgIpc) is 3.16. The number of nitrogens with zero attached hydrogens (tertiary/aromatic N) is 3. The van der Waals surface area contributed by atoms with Crippen molar-refractivity contribution in [3.63, 3.8) is 0 Å². The van der Waals surface area contributed by atoms with Gasteiger partial charge in [0, 0.05) is 0 Å². The first kappa shape index (κ1) is 17.0. The summed E-state index contributed by atoms with van der Waals surface area (Å²) in [4.78, 5) is 13.3. The van der Waals surface area contributed by atoms with Crippen molar-refractivity contribution in [3.8, 4) is 23.2 Å². The zero-order valence-corrected chi connectivity index (χ0v) is 15.3. The van der Waals surface area contributed by atoms with Crippen LogP contribution in [-0.4, -0.2) is 15.0 Å². The van der Waals surface area contributed by atoms with E-state index in [0.29, 0.717) is 33.2 Å². The fourth-order valence-electron chi connectivity index (χ4n) is 2.09. The van der Waals surface area contributed by atoms with Crippen LogP contribution < -0.4 is 0 Å². The van der Waals surface area contributed by atoms with Crippen LogP contribution in [0.15, 0.2) is 27.4 Å². The minimum Gasteiger partial charge on any atom is -0.443 e. The molecule has 0 fully saturated rings. The van der Waals surface area contributed by atoms with Gasteiger partial charge in [0.1, 0.15) is 23.9 Å². The van der Waals surface area contributed by atoms with Gasteiger partial charge in [-0.3, -0.25) is 0 Å². The Morgan fingerprint density at radius 3 is 1.50 bits per heavy atom. The molecule has 3 aromatic rings. The summed E-state index contributed by atoms with van der Waals surface area (Å²) < 4.78 is 11.0. The molecule has 0 spiro atoms. The predicted octanol–water partition coefficient (Wildman–Crippen LogP) is 5.95. The van der Waals surface area contributed by atoms with Crippen LogP contribution in [0.3, 0.4) is 0 Å². The highest BCUT2D eigenvalue weighted by Gasteiger charge is 2.20. The van der Waals surface area contributed by atoms with Gasteiger partial charge in [0.25, 0.3) is 0 Å². The summed E-state index contributed by atoms with van der Waals surface area (Å²) in [6, 6.07) is 1.60. The highest BCUT2D eigenvalue weighted by atomic mass is 35.5. The number of rotatable bonds is 4. The molecule has 0 N–H and O–H groups in total. The lowest BCUT2D eigenvalue weighted by Gasteiger charge is -2.04. The summed E-state index contributed by atoms with van der Waals surface area (Å²) >= 11 is 12.5. The number of halogens is 2. The topological polar surface area (TPSA) is 65.0 Å². The van der Waals surface area contributed by atoms with Crippen LogP contribution in [0.5, 0.6) is 0 Å². The van der Waals surface area contributed by atoms with Gasteiger partial charge in [-0.15, -0.1) is 0 Å². The molecule has 126 valence electrons. The van der Waals surface area contributed by atoms with E-state index in [1.165, 1.54) is 0 Å². The van der Waals surface area contributed by atoms with Gasteiger partial charge in [-0.25, -0.2) is 15.0 Å². The summed E-state index contributed by atoms with van der Waals surface area (Å²) in [7, 11) is 0. The summed E-state index contributed by atoms with van der Waals surface area (Å²) in [5, 5.41) is 0.716. The van der Waals surface area contributed by atoms with E-state index in [-0.39, 0.29) is 11.8 Å². The van der Waals surface area contributed by atoms with Crippen molar-refractivity contribution in [2.24, 2.45) is 0 Å². The molecule has 0 unspecified atom stereocenters. The fourth-order valence-corrected chi connectivity index (χ4v) is 2.61. The quantitative estimate of drug-likeness (QED) is 0.571. The Kier molecular flexibility index (Phi) is 4.65. The maximum atomic E-state index is 6.27. The molecule has 0 bridgehead atoms. The van der Waals surface area contributed by atoms with Crippen LogP contribution in [0.25, 0.3) is 23.2 Å². The normalized spacial score (nSPS) is 11.7. The Labute approximate surface area is 150 Å². The largest absolute Gasteiger partial charge is 0.443 e. The lowest BCUT2D eigenvalue weighted by Crippen LogP contribution is -1.94. The highest BCUT2D eigenvalue weighted by molar-refractivity contribution is 6.37. The number of aromatic nitrogens is 3. The van der Waals surface area contributed by atoms with Gasteiger partial charge in [0.15, 0.2) is 0 Å².